The second-order valence-electron chi connectivity index (χ2n) is 7.54. The molecule has 1 spiro atoms. The number of hydrogen-bond acceptors (Lipinski definition) is 4. The molecule has 144 valence electrons. The Balaban J connectivity index is 1.43. The van der Waals surface area contributed by atoms with Crippen LogP contribution in [0.15, 0.2) is 34.6 Å². The predicted molar refractivity (Wildman–Crippen MR) is 111 cm³/mol. The van der Waals surface area contributed by atoms with Gasteiger partial charge in [0.1, 0.15) is 11.4 Å². The molecule has 4 rings (SSSR count). The summed E-state index contributed by atoms with van der Waals surface area (Å²) in [6.45, 7) is 2.86. The third-order valence-corrected chi connectivity index (χ3v) is 6.41. The fourth-order valence-electron chi connectivity index (χ4n) is 4.26. The van der Waals surface area contributed by atoms with Gasteiger partial charge in [-0.1, -0.05) is 18.2 Å². The Labute approximate surface area is 165 Å². The summed E-state index contributed by atoms with van der Waals surface area (Å²) in [5, 5.41) is 10.3. The van der Waals surface area contributed by atoms with E-state index in [1.54, 1.807) is 11.3 Å². The van der Waals surface area contributed by atoms with Gasteiger partial charge in [-0.3, -0.25) is 4.99 Å². The van der Waals surface area contributed by atoms with Gasteiger partial charge in [0.25, 0.3) is 0 Å². The lowest BCUT2D eigenvalue weighted by atomic mass is 9.86. The van der Waals surface area contributed by atoms with Crippen LogP contribution in [0.3, 0.4) is 0 Å². The zero-order valence-electron chi connectivity index (χ0n) is 16.1. The number of para-hydroxylation sites is 1. The standard InChI is InChI=1S/C21H28N4OS/c1-15-24-16(14-27-15)9-12-23-20(22-2)25-18-13-21(10-5-6-11-21)26-19-8-4-3-7-17(18)19/h3-4,7-8,14,18H,5-6,9-13H2,1-2H3,(H2,22,23,25). The Morgan fingerprint density at radius 1 is 1.33 bits per heavy atom. The first-order valence-corrected chi connectivity index (χ1v) is 10.7. The van der Waals surface area contributed by atoms with Gasteiger partial charge in [0, 0.05) is 37.4 Å². The molecule has 2 N–H and O–H groups in total. The molecular weight excluding hydrogens is 356 g/mol. The molecule has 0 bridgehead atoms. The fourth-order valence-corrected chi connectivity index (χ4v) is 4.91. The number of nitrogens with one attached hydrogen (secondary N) is 2. The summed E-state index contributed by atoms with van der Waals surface area (Å²) in [5.74, 6) is 1.87. The van der Waals surface area contributed by atoms with Crippen molar-refractivity contribution >= 4 is 17.3 Å². The number of thiazole rings is 1. The Kier molecular flexibility index (Phi) is 5.34. The Hall–Kier alpha value is -2.08. The van der Waals surface area contributed by atoms with Crippen LogP contribution in [0.4, 0.5) is 0 Å². The number of guanidine groups is 1. The van der Waals surface area contributed by atoms with Gasteiger partial charge in [0.05, 0.1) is 16.7 Å². The summed E-state index contributed by atoms with van der Waals surface area (Å²) >= 11 is 1.70. The van der Waals surface area contributed by atoms with Crippen LogP contribution in [0, 0.1) is 6.92 Å². The van der Waals surface area contributed by atoms with Crippen LogP contribution in [-0.2, 0) is 6.42 Å². The number of nitrogens with zero attached hydrogens (tertiary/aromatic N) is 2. The SMILES string of the molecule is CN=C(NCCc1csc(C)n1)NC1CC2(CCCC2)Oc2ccccc21. The van der Waals surface area contributed by atoms with Crippen LogP contribution in [0.1, 0.15) is 54.4 Å². The minimum atomic E-state index is -0.0109. The monoisotopic (exact) mass is 384 g/mol. The van der Waals surface area contributed by atoms with Crippen molar-refractivity contribution in [2.75, 3.05) is 13.6 Å². The number of benzene rings is 1. The van der Waals surface area contributed by atoms with E-state index in [1.165, 1.54) is 18.4 Å². The molecule has 2 aliphatic rings. The lowest BCUT2D eigenvalue weighted by Crippen LogP contribution is -2.47. The fraction of sp³-hybridized carbons (Fsp3) is 0.524. The molecule has 27 heavy (non-hydrogen) atoms. The van der Waals surface area contributed by atoms with E-state index in [2.05, 4.69) is 50.3 Å². The Morgan fingerprint density at radius 3 is 2.89 bits per heavy atom. The maximum absolute atomic E-state index is 6.46. The number of aliphatic imine (C=N–C) groups is 1. The molecular formula is C21H28N4OS. The van der Waals surface area contributed by atoms with Crippen molar-refractivity contribution < 1.29 is 4.74 Å². The maximum Gasteiger partial charge on any atom is 0.191 e. The van der Waals surface area contributed by atoms with Crippen molar-refractivity contribution in [2.24, 2.45) is 4.99 Å². The minimum absolute atomic E-state index is 0.0109. The quantitative estimate of drug-likeness (QED) is 0.618. The van der Waals surface area contributed by atoms with E-state index >= 15 is 0 Å². The van der Waals surface area contributed by atoms with E-state index in [0.29, 0.717) is 0 Å². The molecule has 1 atom stereocenters. The zero-order chi connectivity index (χ0) is 18.7. The summed E-state index contributed by atoms with van der Waals surface area (Å²) in [7, 11) is 1.83. The highest BCUT2D eigenvalue weighted by Gasteiger charge is 2.43. The number of fused-ring (bicyclic) bond motifs is 1. The van der Waals surface area contributed by atoms with Gasteiger partial charge in [0.2, 0.25) is 0 Å². The molecule has 6 heteroatoms. The summed E-state index contributed by atoms with van der Waals surface area (Å²) in [6, 6.07) is 8.64. The third-order valence-electron chi connectivity index (χ3n) is 5.59. The van der Waals surface area contributed by atoms with Gasteiger partial charge in [-0.15, -0.1) is 11.3 Å². The third kappa shape index (κ3) is 4.10. The van der Waals surface area contributed by atoms with Crippen LogP contribution in [-0.4, -0.2) is 30.1 Å². The highest BCUT2D eigenvalue weighted by Crippen LogP contribution is 2.46. The van der Waals surface area contributed by atoms with E-state index in [0.717, 1.165) is 54.6 Å². The lowest BCUT2D eigenvalue weighted by molar-refractivity contribution is 0.0396. The van der Waals surface area contributed by atoms with Crippen molar-refractivity contribution in [2.45, 2.75) is 57.1 Å². The van der Waals surface area contributed by atoms with Gasteiger partial charge in [0.15, 0.2) is 5.96 Å². The summed E-state index contributed by atoms with van der Waals surface area (Å²) in [6.07, 6.45) is 6.71. The Bertz CT molecular complexity index is 810. The lowest BCUT2D eigenvalue weighted by Gasteiger charge is -2.40. The summed E-state index contributed by atoms with van der Waals surface area (Å²) in [5.41, 5.74) is 2.36. The predicted octanol–water partition coefficient (Wildman–Crippen LogP) is 4.00. The smallest absolute Gasteiger partial charge is 0.191 e. The van der Waals surface area contributed by atoms with Gasteiger partial charge in [-0.2, -0.15) is 0 Å². The number of hydrogen-bond donors (Lipinski definition) is 2. The van der Waals surface area contributed by atoms with Crippen molar-refractivity contribution in [3.05, 3.63) is 45.9 Å². The normalized spacial score (nSPS) is 21.0. The molecule has 1 aromatic carbocycles. The van der Waals surface area contributed by atoms with Gasteiger partial charge in [-0.25, -0.2) is 4.98 Å². The molecule has 0 amide bonds. The second-order valence-corrected chi connectivity index (χ2v) is 8.60. The summed E-state index contributed by atoms with van der Waals surface area (Å²) < 4.78 is 6.46. The summed E-state index contributed by atoms with van der Waals surface area (Å²) in [4.78, 5) is 8.97. The second kappa shape index (κ2) is 7.89. The van der Waals surface area contributed by atoms with Crippen LogP contribution >= 0.6 is 11.3 Å². The molecule has 0 saturated heterocycles. The van der Waals surface area contributed by atoms with Crippen molar-refractivity contribution in [1.82, 2.24) is 15.6 Å². The topological polar surface area (TPSA) is 58.5 Å². The van der Waals surface area contributed by atoms with Crippen LogP contribution < -0.4 is 15.4 Å². The number of aromatic nitrogens is 1. The van der Waals surface area contributed by atoms with Crippen LogP contribution in [0.5, 0.6) is 5.75 Å². The molecule has 2 aromatic rings. The van der Waals surface area contributed by atoms with E-state index < -0.39 is 0 Å². The van der Waals surface area contributed by atoms with Gasteiger partial charge in [-0.05, 0) is 38.7 Å². The average Bonchev–Trinajstić information content (AvgIpc) is 3.29. The van der Waals surface area contributed by atoms with E-state index in [9.17, 15) is 0 Å². The number of ether oxygens (including phenoxy) is 1. The van der Waals surface area contributed by atoms with Crippen molar-refractivity contribution in [3.63, 3.8) is 0 Å². The van der Waals surface area contributed by atoms with Gasteiger partial charge >= 0.3 is 0 Å². The van der Waals surface area contributed by atoms with Gasteiger partial charge < -0.3 is 15.4 Å². The zero-order valence-corrected chi connectivity index (χ0v) is 16.9. The molecule has 1 fully saturated rings. The number of rotatable bonds is 4. The molecule has 5 nitrogen and oxygen atoms in total. The molecule has 2 heterocycles. The highest BCUT2D eigenvalue weighted by molar-refractivity contribution is 7.09. The molecule has 0 radical (unpaired) electrons. The van der Waals surface area contributed by atoms with Crippen molar-refractivity contribution in [3.8, 4) is 5.75 Å². The van der Waals surface area contributed by atoms with Crippen LogP contribution in [0.25, 0.3) is 0 Å². The highest BCUT2D eigenvalue weighted by atomic mass is 32.1. The minimum Gasteiger partial charge on any atom is -0.487 e. The molecule has 1 unspecified atom stereocenters. The van der Waals surface area contributed by atoms with Crippen molar-refractivity contribution in [1.29, 1.82) is 0 Å². The van der Waals surface area contributed by atoms with E-state index in [-0.39, 0.29) is 11.6 Å². The molecule has 1 aromatic heterocycles. The molecule has 1 saturated carbocycles. The van der Waals surface area contributed by atoms with E-state index in [1.807, 2.05) is 14.0 Å². The Morgan fingerprint density at radius 2 is 2.15 bits per heavy atom. The van der Waals surface area contributed by atoms with E-state index in [4.69, 9.17) is 4.74 Å². The van der Waals surface area contributed by atoms with Crippen LogP contribution in [0.2, 0.25) is 0 Å². The average molecular weight is 385 g/mol. The molecule has 1 aliphatic heterocycles. The number of aryl methyl sites for hydroxylation is 1. The maximum atomic E-state index is 6.46. The first kappa shape index (κ1) is 18.3. The first-order chi connectivity index (χ1) is 13.2. The molecule has 1 aliphatic carbocycles. The first-order valence-electron chi connectivity index (χ1n) is 9.84. The largest absolute Gasteiger partial charge is 0.487 e.